The molecule has 0 atom stereocenters. The molecule has 0 saturated carbocycles. The molecule has 0 saturated heterocycles. The maximum atomic E-state index is 12.4. The van der Waals surface area contributed by atoms with Crippen LogP contribution >= 0.6 is 0 Å². The molecule has 0 aliphatic heterocycles. The highest BCUT2D eigenvalue weighted by molar-refractivity contribution is 6.43. The third kappa shape index (κ3) is 3.48. The van der Waals surface area contributed by atoms with Crippen molar-refractivity contribution in [2.75, 3.05) is 6.61 Å². The lowest BCUT2D eigenvalue weighted by Gasteiger charge is -2.19. The number of aromatic nitrogens is 1. The first-order valence-electron chi connectivity index (χ1n) is 7.71. The van der Waals surface area contributed by atoms with Crippen LogP contribution in [0, 0.1) is 6.92 Å². The highest BCUT2D eigenvalue weighted by Crippen LogP contribution is 2.26. The molecule has 0 spiro atoms. The predicted octanol–water partition coefficient (Wildman–Crippen LogP) is 3.48. The van der Waals surface area contributed by atoms with E-state index in [0.717, 1.165) is 5.56 Å². The number of aryl methyl sites for hydroxylation is 1. The molecule has 1 aromatic carbocycles. The second-order valence-electron chi connectivity index (χ2n) is 6.41. The summed E-state index contributed by atoms with van der Waals surface area (Å²) in [7, 11) is 0. The Morgan fingerprint density at radius 2 is 1.83 bits per heavy atom. The van der Waals surface area contributed by atoms with Crippen molar-refractivity contribution in [3.63, 3.8) is 0 Å². The number of ketones is 1. The second kappa shape index (κ2) is 6.47. The maximum Gasteiger partial charge on any atom is 0.419 e. The normalized spacial score (nSPS) is 11.4. The summed E-state index contributed by atoms with van der Waals surface area (Å²) in [6.45, 7) is 8.81. The number of ether oxygens (including phenoxy) is 2. The van der Waals surface area contributed by atoms with Crippen molar-refractivity contribution in [3.8, 4) is 0 Å². The minimum atomic E-state index is -0.941. The molecule has 2 rings (SSSR count). The number of benzene rings is 1. The van der Waals surface area contributed by atoms with Gasteiger partial charge in [0.1, 0.15) is 5.60 Å². The molecule has 128 valence electrons. The van der Waals surface area contributed by atoms with Gasteiger partial charge in [-0.15, -0.1) is 0 Å². The molecular weight excluding hydrogens is 310 g/mol. The van der Waals surface area contributed by atoms with Crippen molar-refractivity contribution in [3.05, 3.63) is 35.5 Å². The van der Waals surface area contributed by atoms with E-state index in [4.69, 9.17) is 9.47 Å². The van der Waals surface area contributed by atoms with Gasteiger partial charge < -0.3 is 9.47 Å². The van der Waals surface area contributed by atoms with Crippen LogP contribution < -0.4 is 0 Å². The zero-order valence-electron chi connectivity index (χ0n) is 14.5. The summed E-state index contributed by atoms with van der Waals surface area (Å²) in [5.74, 6) is -1.72. The average molecular weight is 331 g/mol. The SMILES string of the molecule is CCOC(=O)C(=O)c1cn(C(=O)OC(C)(C)C)c2cccc(C)c12. The highest BCUT2D eigenvalue weighted by atomic mass is 16.6. The van der Waals surface area contributed by atoms with Crippen LogP contribution in [0.15, 0.2) is 24.4 Å². The molecule has 24 heavy (non-hydrogen) atoms. The summed E-state index contributed by atoms with van der Waals surface area (Å²) in [5, 5.41) is 0.543. The summed E-state index contributed by atoms with van der Waals surface area (Å²) in [4.78, 5) is 36.6. The summed E-state index contributed by atoms with van der Waals surface area (Å²) in [6, 6.07) is 5.29. The zero-order valence-corrected chi connectivity index (χ0v) is 14.5. The van der Waals surface area contributed by atoms with Gasteiger partial charge in [0.15, 0.2) is 0 Å². The van der Waals surface area contributed by atoms with Gasteiger partial charge in [0, 0.05) is 11.6 Å². The molecule has 0 fully saturated rings. The molecule has 0 aliphatic rings. The molecule has 0 unspecified atom stereocenters. The second-order valence-corrected chi connectivity index (χ2v) is 6.41. The van der Waals surface area contributed by atoms with Crippen molar-refractivity contribution in [2.45, 2.75) is 40.2 Å². The van der Waals surface area contributed by atoms with Crippen molar-refractivity contribution >= 4 is 28.7 Å². The standard InChI is InChI=1S/C18H21NO5/c1-6-23-16(21)15(20)12-10-19(17(22)24-18(3,4)5)13-9-7-8-11(2)14(12)13/h7-10H,6H2,1-5H3. The summed E-state index contributed by atoms with van der Waals surface area (Å²) >= 11 is 0. The van der Waals surface area contributed by atoms with Crippen molar-refractivity contribution in [1.29, 1.82) is 0 Å². The van der Waals surface area contributed by atoms with Crippen LogP contribution in [0.4, 0.5) is 4.79 Å². The Labute approximate surface area is 140 Å². The Kier molecular flexibility index (Phi) is 4.78. The highest BCUT2D eigenvalue weighted by Gasteiger charge is 2.27. The molecule has 6 nitrogen and oxygen atoms in total. The van der Waals surface area contributed by atoms with Gasteiger partial charge in [-0.25, -0.2) is 9.59 Å². The van der Waals surface area contributed by atoms with Gasteiger partial charge in [-0.2, -0.15) is 0 Å². The van der Waals surface area contributed by atoms with Gasteiger partial charge in [-0.05, 0) is 46.2 Å². The molecule has 0 bridgehead atoms. The lowest BCUT2D eigenvalue weighted by atomic mass is 10.0. The fourth-order valence-corrected chi connectivity index (χ4v) is 2.41. The number of nitrogens with zero attached hydrogens (tertiary/aromatic N) is 1. The molecule has 2 aromatic rings. The number of fused-ring (bicyclic) bond motifs is 1. The van der Waals surface area contributed by atoms with Gasteiger partial charge in [-0.1, -0.05) is 12.1 Å². The van der Waals surface area contributed by atoms with E-state index < -0.39 is 23.4 Å². The Bertz CT molecular complexity index is 811. The molecule has 0 radical (unpaired) electrons. The van der Waals surface area contributed by atoms with E-state index in [-0.39, 0.29) is 12.2 Å². The molecule has 0 N–H and O–H groups in total. The summed E-state index contributed by atoms with van der Waals surface area (Å²) in [6.07, 6.45) is 0.728. The topological polar surface area (TPSA) is 74.6 Å². The first-order chi connectivity index (χ1) is 11.2. The van der Waals surface area contributed by atoms with Crippen LogP contribution in [-0.4, -0.2) is 34.6 Å². The lowest BCUT2D eigenvalue weighted by molar-refractivity contribution is -0.137. The van der Waals surface area contributed by atoms with Gasteiger partial charge in [0.25, 0.3) is 5.78 Å². The van der Waals surface area contributed by atoms with E-state index in [1.54, 1.807) is 39.8 Å². The zero-order chi connectivity index (χ0) is 18.1. The van der Waals surface area contributed by atoms with Crippen LogP contribution in [0.1, 0.15) is 43.6 Å². The monoisotopic (exact) mass is 331 g/mol. The Morgan fingerprint density at radius 1 is 1.17 bits per heavy atom. The van der Waals surface area contributed by atoms with Crippen molar-refractivity contribution in [2.24, 2.45) is 0 Å². The Morgan fingerprint density at radius 3 is 2.42 bits per heavy atom. The third-order valence-corrected chi connectivity index (χ3v) is 3.33. The van der Waals surface area contributed by atoms with Crippen LogP contribution in [0.3, 0.4) is 0 Å². The van der Waals surface area contributed by atoms with Gasteiger partial charge in [0.05, 0.1) is 17.7 Å². The minimum Gasteiger partial charge on any atom is -0.460 e. The quantitative estimate of drug-likeness (QED) is 0.489. The van der Waals surface area contributed by atoms with E-state index in [9.17, 15) is 14.4 Å². The predicted molar refractivity (Wildman–Crippen MR) is 89.3 cm³/mol. The fourth-order valence-electron chi connectivity index (χ4n) is 2.41. The van der Waals surface area contributed by atoms with E-state index in [1.165, 1.54) is 10.8 Å². The van der Waals surface area contributed by atoms with Gasteiger partial charge >= 0.3 is 12.1 Å². The summed E-state index contributed by atoms with van der Waals surface area (Å²) < 4.78 is 11.4. The van der Waals surface area contributed by atoms with Crippen LogP contribution in [0.25, 0.3) is 10.9 Å². The molecule has 6 heteroatoms. The molecule has 0 aliphatic carbocycles. The number of hydrogen-bond donors (Lipinski definition) is 0. The first kappa shape index (κ1) is 17.7. The molecule has 1 heterocycles. The average Bonchev–Trinajstić information content (AvgIpc) is 2.86. The maximum absolute atomic E-state index is 12.4. The van der Waals surface area contributed by atoms with E-state index >= 15 is 0 Å². The van der Waals surface area contributed by atoms with E-state index in [2.05, 4.69) is 0 Å². The Balaban J connectivity index is 2.60. The third-order valence-electron chi connectivity index (χ3n) is 3.33. The van der Waals surface area contributed by atoms with Gasteiger partial charge in [-0.3, -0.25) is 9.36 Å². The van der Waals surface area contributed by atoms with Crippen LogP contribution in [0.5, 0.6) is 0 Å². The van der Waals surface area contributed by atoms with E-state index in [0.29, 0.717) is 10.9 Å². The Hall–Kier alpha value is -2.63. The number of rotatable bonds is 3. The minimum absolute atomic E-state index is 0.105. The molecule has 0 amide bonds. The van der Waals surface area contributed by atoms with Crippen molar-refractivity contribution in [1.82, 2.24) is 4.57 Å². The number of hydrogen-bond acceptors (Lipinski definition) is 5. The van der Waals surface area contributed by atoms with Crippen LogP contribution in [-0.2, 0) is 14.3 Å². The fraction of sp³-hybridized carbons (Fsp3) is 0.389. The number of carbonyl (C=O) groups excluding carboxylic acids is 3. The number of esters is 1. The number of carbonyl (C=O) groups is 3. The molecular formula is C18H21NO5. The van der Waals surface area contributed by atoms with Gasteiger partial charge in [0.2, 0.25) is 0 Å². The van der Waals surface area contributed by atoms with Crippen LogP contribution in [0.2, 0.25) is 0 Å². The largest absolute Gasteiger partial charge is 0.460 e. The molecule has 1 aromatic heterocycles. The number of Topliss-reactive ketones (excluding diaryl/α,β-unsaturated/α-hetero) is 1. The van der Waals surface area contributed by atoms with Crippen molar-refractivity contribution < 1.29 is 23.9 Å². The van der Waals surface area contributed by atoms with E-state index in [1.807, 2.05) is 13.0 Å². The smallest absolute Gasteiger partial charge is 0.419 e. The first-order valence-corrected chi connectivity index (χ1v) is 7.71. The summed E-state index contributed by atoms with van der Waals surface area (Å²) in [5.41, 5.74) is 0.745. The lowest BCUT2D eigenvalue weighted by Crippen LogP contribution is -2.26.